The Morgan fingerprint density at radius 2 is 1.97 bits per heavy atom. The van der Waals surface area contributed by atoms with Crippen LogP contribution in [-0.2, 0) is 11.3 Å². The Kier molecular flexibility index (Phi) is 8.27. The van der Waals surface area contributed by atoms with Crippen LogP contribution < -0.4 is 15.4 Å². The lowest BCUT2D eigenvalue weighted by Gasteiger charge is -2.34. The third-order valence-electron chi connectivity index (χ3n) is 5.03. The Balaban J connectivity index is 1.55. The summed E-state index contributed by atoms with van der Waals surface area (Å²) < 4.78 is 12.4. The van der Waals surface area contributed by atoms with Gasteiger partial charge in [-0.05, 0) is 44.2 Å². The molecule has 3 rings (SSSR count). The zero-order valence-electron chi connectivity index (χ0n) is 18.7. The highest BCUT2D eigenvalue weighted by Gasteiger charge is 2.25. The normalized spacial score (nSPS) is 17.2. The Hall–Kier alpha value is -2.62. The van der Waals surface area contributed by atoms with Crippen LogP contribution in [0.1, 0.15) is 19.5 Å². The second kappa shape index (κ2) is 11.1. The van der Waals surface area contributed by atoms with Gasteiger partial charge in [0.05, 0.1) is 43.9 Å². The summed E-state index contributed by atoms with van der Waals surface area (Å²) in [5.41, 5.74) is 0.942. The number of rotatable bonds is 9. The first-order valence-corrected chi connectivity index (χ1v) is 10.7. The average Bonchev–Trinajstić information content (AvgIpc) is 3.25. The molecule has 0 bridgehead atoms. The fourth-order valence-electron chi connectivity index (χ4n) is 3.40. The molecule has 2 aromatic rings. The Morgan fingerprint density at radius 3 is 2.65 bits per heavy atom. The smallest absolute Gasteiger partial charge is 0.191 e. The van der Waals surface area contributed by atoms with E-state index >= 15 is 0 Å². The highest BCUT2D eigenvalue weighted by molar-refractivity contribution is 5.79. The number of morpholine rings is 1. The fraction of sp³-hybridized carbons (Fsp3) is 0.545. The van der Waals surface area contributed by atoms with Gasteiger partial charge in [0.2, 0.25) is 0 Å². The van der Waals surface area contributed by atoms with Crippen molar-refractivity contribution in [3.8, 4) is 11.4 Å². The summed E-state index contributed by atoms with van der Waals surface area (Å²) in [6, 6.07) is 9.68. The van der Waals surface area contributed by atoms with E-state index in [1.165, 1.54) is 0 Å². The minimum absolute atomic E-state index is 0.399. The van der Waals surface area contributed by atoms with Crippen LogP contribution in [0.15, 0.2) is 41.5 Å². The Bertz CT molecular complexity index is 828. The number of aliphatic hydroxyl groups is 1. The first-order valence-electron chi connectivity index (χ1n) is 10.7. The Labute approximate surface area is 184 Å². The third kappa shape index (κ3) is 7.23. The second-order valence-electron chi connectivity index (χ2n) is 7.88. The van der Waals surface area contributed by atoms with E-state index in [1.54, 1.807) is 7.11 Å². The van der Waals surface area contributed by atoms with E-state index in [4.69, 9.17) is 9.47 Å². The summed E-state index contributed by atoms with van der Waals surface area (Å²) in [5, 5.41) is 21.9. The summed E-state index contributed by atoms with van der Waals surface area (Å²) in [4.78, 5) is 6.85. The van der Waals surface area contributed by atoms with Crippen molar-refractivity contribution < 1.29 is 14.6 Å². The highest BCUT2D eigenvalue weighted by atomic mass is 16.5. The number of hydrogen-bond donors (Lipinski definition) is 3. The molecule has 1 saturated heterocycles. The summed E-state index contributed by atoms with van der Waals surface area (Å²) in [5.74, 6) is 1.47. The van der Waals surface area contributed by atoms with Crippen molar-refractivity contribution in [3.05, 3.63) is 42.2 Å². The van der Waals surface area contributed by atoms with Gasteiger partial charge in [0, 0.05) is 38.9 Å². The molecule has 1 fully saturated rings. The Morgan fingerprint density at radius 1 is 1.23 bits per heavy atom. The number of methoxy groups -OCH3 is 1. The average molecular weight is 431 g/mol. The predicted molar refractivity (Wildman–Crippen MR) is 121 cm³/mol. The van der Waals surface area contributed by atoms with E-state index in [9.17, 15) is 5.11 Å². The highest BCUT2D eigenvalue weighted by Crippen LogP contribution is 2.14. The van der Waals surface area contributed by atoms with Gasteiger partial charge in [-0.25, -0.2) is 9.67 Å². The van der Waals surface area contributed by atoms with Gasteiger partial charge in [-0.1, -0.05) is 0 Å². The van der Waals surface area contributed by atoms with E-state index in [1.807, 2.05) is 55.1 Å². The molecule has 1 aromatic carbocycles. The van der Waals surface area contributed by atoms with Gasteiger partial charge < -0.3 is 25.2 Å². The maximum absolute atomic E-state index is 10.8. The molecule has 170 valence electrons. The minimum Gasteiger partial charge on any atom is -0.497 e. The topological polar surface area (TPSA) is 96.2 Å². The number of nitrogens with one attached hydrogen (secondary N) is 2. The molecule has 0 radical (unpaired) electrons. The number of aliphatic imine (C=N–C) groups is 1. The minimum atomic E-state index is -0.872. The van der Waals surface area contributed by atoms with E-state index in [0.717, 1.165) is 50.0 Å². The van der Waals surface area contributed by atoms with Gasteiger partial charge in [-0.3, -0.25) is 4.90 Å². The summed E-state index contributed by atoms with van der Waals surface area (Å²) >= 11 is 0. The lowest BCUT2D eigenvalue weighted by Crippen LogP contribution is -2.52. The third-order valence-corrected chi connectivity index (χ3v) is 5.03. The first kappa shape index (κ1) is 23.1. The molecular weight excluding hydrogens is 396 g/mol. The van der Waals surface area contributed by atoms with Crippen LogP contribution in [0, 0.1) is 0 Å². The predicted octanol–water partition coefficient (Wildman–Crippen LogP) is 1.02. The van der Waals surface area contributed by atoms with Crippen molar-refractivity contribution in [1.29, 1.82) is 0 Å². The number of benzene rings is 1. The van der Waals surface area contributed by atoms with Gasteiger partial charge in [-0.15, -0.1) is 0 Å². The van der Waals surface area contributed by atoms with Crippen molar-refractivity contribution in [1.82, 2.24) is 25.3 Å². The standard InChI is InChI=1S/C22H34N6O3/c1-4-23-21(25-16-22(2,29)17-27-11-13-31-14-12-27)24-15-18-9-10-28(26-18)19-5-7-20(30-3)8-6-19/h5-10,29H,4,11-17H2,1-3H3,(H2,23,24,25). The maximum atomic E-state index is 10.8. The SMILES string of the molecule is CCNC(=NCc1ccn(-c2ccc(OC)cc2)n1)NCC(C)(O)CN1CCOCC1. The van der Waals surface area contributed by atoms with Crippen LogP contribution in [0.2, 0.25) is 0 Å². The van der Waals surface area contributed by atoms with Gasteiger partial charge in [0.15, 0.2) is 5.96 Å². The number of nitrogens with zero attached hydrogens (tertiary/aromatic N) is 4. The molecule has 0 spiro atoms. The number of aromatic nitrogens is 2. The van der Waals surface area contributed by atoms with Crippen molar-refractivity contribution >= 4 is 5.96 Å². The number of hydrogen-bond acceptors (Lipinski definition) is 6. The molecule has 9 nitrogen and oxygen atoms in total. The lowest BCUT2D eigenvalue weighted by atomic mass is 10.1. The number of ether oxygens (including phenoxy) is 2. The molecular formula is C22H34N6O3. The van der Waals surface area contributed by atoms with Crippen molar-refractivity contribution in [2.45, 2.75) is 26.0 Å². The zero-order valence-corrected chi connectivity index (χ0v) is 18.7. The monoisotopic (exact) mass is 430 g/mol. The van der Waals surface area contributed by atoms with Crippen LogP contribution in [0.25, 0.3) is 5.69 Å². The van der Waals surface area contributed by atoms with E-state index in [-0.39, 0.29) is 0 Å². The molecule has 3 N–H and O–H groups in total. The molecule has 1 aliphatic heterocycles. The molecule has 1 aromatic heterocycles. The van der Waals surface area contributed by atoms with Crippen molar-refractivity contribution in [3.63, 3.8) is 0 Å². The van der Waals surface area contributed by atoms with Crippen LogP contribution in [0.4, 0.5) is 0 Å². The fourth-order valence-corrected chi connectivity index (χ4v) is 3.40. The van der Waals surface area contributed by atoms with Crippen LogP contribution in [0.5, 0.6) is 5.75 Å². The quantitative estimate of drug-likeness (QED) is 0.404. The van der Waals surface area contributed by atoms with E-state index in [0.29, 0.717) is 25.6 Å². The van der Waals surface area contributed by atoms with Crippen molar-refractivity contribution in [2.75, 3.05) is 53.0 Å². The van der Waals surface area contributed by atoms with Crippen molar-refractivity contribution in [2.24, 2.45) is 4.99 Å². The number of β-amino-alcohol motifs (C(OH)–C–C–N with tert-alkyl or cyclic N) is 1. The van der Waals surface area contributed by atoms with Gasteiger partial charge in [-0.2, -0.15) is 5.10 Å². The molecule has 31 heavy (non-hydrogen) atoms. The van der Waals surface area contributed by atoms with Crippen LogP contribution in [-0.4, -0.2) is 84.4 Å². The zero-order chi connectivity index (χ0) is 22.1. The van der Waals surface area contributed by atoms with Crippen LogP contribution >= 0.6 is 0 Å². The molecule has 2 heterocycles. The summed E-state index contributed by atoms with van der Waals surface area (Å²) in [7, 11) is 1.65. The number of guanidine groups is 1. The van der Waals surface area contributed by atoms with E-state index < -0.39 is 5.60 Å². The first-order chi connectivity index (χ1) is 15.0. The molecule has 9 heteroatoms. The molecule has 1 atom stereocenters. The van der Waals surface area contributed by atoms with Gasteiger partial charge in [0.25, 0.3) is 0 Å². The molecule has 0 saturated carbocycles. The van der Waals surface area contributed by atoms with Crippen LogP contribution in [0.3, 0.4) is 0 Å². The van der Waals surface area contributed by atoms with E-state index in [2.05, 4.69) is 25.6 Å². The molecule has 0 aliphatic carbocycles. The van der Waals surface area contributed by atoms with Gasteiger partial charge in [0.1, 0.15) is 5.75 Å². The largest absolute Gasteiger partial charge is 0.497 e. The second-order valence-corrected chi connectivity index (χ2v) is 7.88. The van der Waals surface area contributed by atoms with Gasteiger partial charge >= 0.3 is 0 Å². The molecule has 1 aliphatic rings. The summed E-state index contributed by atoms with van der Waals surface area (Å²) in [6.07, 6.45) is 1.92. The summed E-state index contributed by atoms with van der Waals surface area (Å²) in [6.45, 7) is 9.15. The maximum Gasteiger partial charge on any atom is 0.191 e. The lowest BCUT2D eigenvalue weighted by molar-refractivity contribution is -0.0201. The molecule has 1 unspecified atom stereocenters. The molecule has 0 amide bonds.